The molecule has 8 N–H and O–H groups in total. The minimum Gasteiger partial charge on any atom is -0.437 e. The first-order valence-corrected chi connectivity index (χ1v) is 72.1. The molecule has 93 heavy (non-hydrogen) atoms. The molecule has 0 saturated heterocycles. The van der Waals surface area contributed by atoms with Crippen molar-refractivity contribution in [3.63, 3.8) is 0 Å². The van der Waals surface area contributed by atoms with Crippen molar-refractivity contribution in [3.05, 3.63) is 0 Å². The molecule has 0 spiro atoms. The van der Waals surface area contributed by atoms with E-state index in [1.54, 1.807) is 6.92 Å². The van der Waals surface area contributed by atoms with Gasteiger partial charge >= 0.3 is 34.2 Å². The zero-order valence-corrected chi connectivity index (χ0v) is 77.9. The minimum absolute atomic E-state index is 0.0404. The third-order valence-electron chi connectivity index (χ3n) is 13.2. The van der Waals surface area contributed by atoms with Crippen LogP contribution in [0, 0.1) is 10.8 Å². The van der Waals surface area contributed by atoms with Gasteiger partial charge in [0.15, 0.2) is 66.5 Å². The number of rotatable bonds is 50. The van der Waals surface area contributed by atoms with Gasteiger partial charge in [0.25, 0.3) is 0 Å². The smallest absolute Gasteiger partial charge is 0.314 e. The third-order valence-corrected chi connectivity index (χ3v) is 51.7. The highest BCUT2D eigenvalue weighted by Crippen LogP contribution is 2.31. The fourth-order valence-electron chi connectivity index (χ4n) is 10.4. The zero-order valence-electron chi connectivity index (χ0n) is 65.9. The van der Waals surface area contributed by atoms with Crippen LogP contribution in [0.15, 0.2) is 0 Å². The van der Waals surface area contributed by atoms with E-state index in [0.717, 1.165) is 62.7 Å². The van der Waals surface area contributed by atoms with E-state index in [0.29, 0.717) is 59.1 Å². The van der Waals surface area contributed by atoms with Gasteiger partial charge in [0, 0.05) is 43.9 Å². The van der Waals surface area contributed by atoms with E-state index in [1.165, 1.54) is 0 Å². The van der Waals surface area contributed by atoms with Gasteiger partial charge in [-0.1, -0.05) is 20.3 Å². The molecule has 0 saturated carbocycles. The number of hydrogen-bond acceptors (Lipinski definition) is 20. The summed E-state index contributed by atoms with van der Waals surface area (Å²) in [5.41, 5.74) is -1.04. The number of aliphatic hydroxyl groups is 8. The van der Waals surface area contributed by atoms with Crippen LogP contribution in [-0.2, 0) is 51.9 Å². The Hall–Kier alpha value is 1.80. The molecule has 20 nitrogen and oxygen atoms in total. The first-order chi connectivity index (χ1) is 41.7. The van der Waals surface area contributed by atoms with E-state index in [1.807, 2.05) is 6.92 Å². The second-order valence-corrected chi connectivity index (χ2v) is 85.5. The fraction of sp³-hybridized carbons (Fsp3) is 1.00. The quantitative estimate of drug-likeness (QED) is 0.0208. The van der Waals surface area contributed by atoms with E-state index < -0.39 is 130 Å². The number of hydrogen-bond donors (Lipinski definition) is 8. The Morgan fingerprint density at radius 1 is 0.333 bits per heavy atom. The van der Waals surface area contributed by atoms with Crippen molar-refractivity contribution in [2.24, 2.45) is 10.8 Å². The van der Waals surface area contributed by atoms with Crippen molar-refractivity contribution in [1.82, 2.24) is 0 Å². The van der Waals surface area contributed by atoms with Crippen LogP contribution < -0.4 is 0 Å². The normalized spacial score (nSPS) is 15.0. The Morgan fingerprint density at radius 3 is 0.796 bits per heavy atom. The molecule has 3 atom stereocenters. The highest BCUT2D eigenvalue weighted by atomic mass is 28.5. The van der Waals surface area contributed by atoms with Crippen LogP contribution >= 0.6 is 0 Å². The molecule has 0 aliphatic carbocycles. The van der Waals surface area contributed by atoms with Crippen LogP contribution in [0.3, 0.4) is 0 Å². The van der Waals surface area contributed by atoms with Gasteiger partial charge in [0.05, 0.1) is 65.1 Å². The molecule has 0 heterocycles. The predicted octanol–water partition coefficient (Wildman–Crippen LogP) is 13.3. The first kappa shape index (κ1) is 101. The molecule has 3 unspecified atom stereocenters. The Bertz CT molecular complexity index is 1770. The average Bonchev–Trinajstić information content (AvgIpc) is 0.979. The van der Waals surface area contributed by atoms with Crippen LogP contribution in [0.5, 0.6) is 0 Å². The van der Waals surface area contributed by atoms with Crippen LogP contribution in [0.4, 0.5) is 0 Å². The van der Waals surface area contributed by atoms with Gasteiger partial charge in [-0.3, -0.25) is 0 Å². The molecule has 0 aliphatic rings. The molecule has 0 aromatic carbocycles. The summed E-state index contributed by atoms with van der Waals surface area (Å²) in [5.74, 6) is 0. The summed E-state index contributed by atoms with van der Waals surface area (Å²) >= 11 is 0. The highest BCUT2D eigenvalue weighted by molar-refractivity contribution is 6.90. The molecule has 0 aromatic rings. The summed E-state index contributed by atoms with van der Waals surface area (Å²) < 4.78 is 74.1. The summed E-state index contributed by atoms with van der Waals surface area (Å²) in [6.45, 7) is 70.7. The molecule has 0 fully saturated rings. The van der Waals surface area contributed by atoms with Crippen LogP contribution in [0.2, 0.25) is 207 Å². The zero-order chi connectivity index (χ0) is 73.9. The van der Waals surface area contributed by atoms with E-state index in [9.17, 15) is 35.7 Å². The Morgan fingerprint density at radius 2 is 0.581 bits per heavy atom. The van der Waals surface area contributed by atoms with Gasteiger partial charge in [-0.15, -0.1) is 0 Å². The maximum Gasteiger partial charge on any atom is 0.314 e. The second-order valence-electron chi connectivity index (χ2n) is 34.1. The molecule has 0 rings (SSSR count). The molecular formula is C61H154O20Si12. The summed E-state index contributed by atoms with van der Waals surface area (Å²) in [7, 11) is -21.9. The van der Waals surface area contributed by atoms with Crippen LogP contribution in [0.25, 0.3) is 0 Å². The first-order valence-electron chi connectivity index (χ1n) is 34.7. The maximum atomic E-state index is 9.58. The van der Waals surface area contributed by atoms with Crippen LogP contribution in [0.1, 0.15) is 72.1 Å². The topological polar surface area (TPSA) is 273 Å². The van der Waals surface area contributed by atoms with E-state index in [2.05, 4.69) is 190 Å². The van der Waals surface area contributed by atoms with Gasteiger partial charge in [0.2, 0.25) is 0 Å². The lowest BCUT2D eigenvalue weighted by atomic mass is 9.86. The van der Waals surface area contributed by atoms with Crippen molar-refractivity contribution in [3.8, 4) is 0 Å². The molecular weight excluding hydrogens is 1390 g/mol. The Kier molecular flexibility index (Phi) is 50.6. The largest absolute Gasteiger partial charge is 0.437 e. The predicted molar refractivity (Wildman–Crippen MR) is 417 cm³/mol. The monoisotopic (exact) mass is 1540 g/mol. The molecule has 0 aliphatic heterocycles. The SMILES string of the molecule is CC(O)C(O)COCCC[Si](C)(O[Si](C)(C)C)O[Si](C)(C)C.CCC(CO)(CO)COCCC[Si](C)(O[Si](C)(C)C)O[Si](C)(C)C.CCCC(CO)(CO)COCCC[Si](C)(O[Si](C)(C)C)O[Si](C)(C)C.C[Si](C)(C)O[Si](C)(CCCOCCC(O)CO)O[Si](C)(C)C. The van der Waals surface area contributed by atoms with Crippen molar-refractivity contribution in [1.29, 1.82) is 0 Å². The standard InChI is InChI=1S/C17H42O5Si3.C16H40O5Si3.2C14H36O5Si3/c1-9-11-17(14-18,15-19)16-20-12-10-13-25(8,21-23(2,3)4)22-24(5,6)7;1-9-16(13-17,14-18)15-19-11-10-12-24(8,20-22(2,3)4)21-23(5,6)7;1-13(15)14(16)12-17-10-9-11-22(8,18-20(2,3)4)19-21(5,6)7;1-20(2,3)18-22(7,19-21(4,5)6)12-8-10-17-11-9-14(16)13-15/h18-19H,9-16H2,1-8H3;17-18H,9-15H2,1-8H3;13-16H,9-12H2,1-8H3;14-16H,8-13H2,1-7H3. The summed E-state index contributed by atoms with van der Waals surface area (Å²) in [6.07, 6.45) is 4.14. The van der Waals surface area contributed by atoms with Crippen molar-refractivity contribution >= 4 is 101 Å². The molecule has 0 bridgehead atoms. The van der Waals surface area contributed by atoms with E-state index in [-0.39, 0.29) is 39.6 Å². The summed E-state index contributed by atoms with van der Waals surface area (Å²) in [4.78, 5) is 0. The number of aliphatic hydroxyl groups excluding tert-OH is 8. The van der Waals surface area contributed by atoms with Gasteiger partial charge in [-0.2, -0.15) is 0 Å². The molecule has 0 aromatic heterocycles. The third kappa shape index (κ3) is 61.0. The lowest BCUT2D eigenvalue weighted by Crippen LogP contribution is -2.52. The summed E-state index contributed by atoms with van der Waals surface area (Å²) in [5, 5.41) is 74.8. The van der Waals surface area contributed by atoms with Crippen molar-refractivity contribution in [2.45, 2.75) is 298 Å². The molecule has 0 radical (unpaired) electrons. The second kappa shape index (κ2) is 46.5. The summed E-state index contributed by atoms with van der Waals surface area (Å²) in [6, 6.07) is 3.66. The highest BCUT2D eigenvalue weighted by Gasteiger charge is 2.44. The van der Waals surface area contributed by atoms with Gasteiger partial charge in [0.1, 0.15) is 6.10 Å². The van der Waals surface area contributed by atoms with E-state index in [4.69, 9.17) is 57.0 Å². The Labute approximate surface area is 584 Å². The van der Waals surface area contributed by atoms with Crippen molar-refractivity contribution in [2.75, 3.05) is 85.9 Å². The lowest BCUT2D eigenvalue weighted by molar-refractivity contribution is -0.0330. The molecule has 566 valence electrons. The van der Waals surface area contributed by atoms with Gasteiger partial charge < -0.3 is 92.7 Å². The maximum absolute atomic E-state index is 9.58. The van der Waals surface area contributed by atoms with Crippen molar-refractivity contribution < 1.29 is 92.7 Å². The molecule has 0 amide bonds. The van der Waals surface area contributed by atoms with E-state index >= 15 is 0 Å². The average molecular weight is 1540 g/mol. The lowest BCUT2D eigenvalue weighted by Gasteiger charge is -2.38. The van der Waals surface area contributed by atoms with Gasteiger partial charge in [-0.05, 0) is 259 Å². The minimum atomic E-state index is -2.20. The fourth-order valence-corrected chi connectivity index (χ4v) is 60.4. The molecule has 32 heteroatoms. The van der Waals surface area contributed by atoms with Crippen LogP contribution in [-0.4, -0.2) is 246 Å². The number of ether oxygens (including phenoxy) is 4. The van der Waals surface area contributed by atoms with Gasteiger partial charge in [-0.25, -0.2) is 0 Å². The Balaban J connectivity index is -0.000000569.